The maximum absolute atomic E-state index is 5.33. The molecule has 3 nitrogen and oxygen atoms in total. The number of hydrogen-bond donors (Lipinski definition) is 1. The molecular weight excluding hydrogens is 128 g/mol. The van der Waals surface area contributed by atoms with Crippen molar-refractivity contribution in [3.63, 3.8) is 0 Å². The molecule has 1 atom stereocenters. The molecule has 1 aliphatic heterocycles. The molecule has 0 amide bonds. The molecule has 0 radical (unpaired) electrons. The third kappa shape index (κ3) is 1.70. The van der Waals surface area contributed by atoms with Gasteiger partial charge in [0.05, 0.1) is 6.04 Å². The van der Waals surface area contributed by atoms with E-state index >= 15 is 0 Å². The summed E-state index contributed by atoms with van der Waals surface area (Å²) >= 11 is 0. The molecule has 0 aliphatic carbocycles. The Morgan fingerprint density at radius 3 is 3.10 bits per heavy atom. The number of nitrogens with two attached hydrogens (primary N) is 1. The summed E-state index contributed by atoms with van der Waals surface area (Å²) < 4.78 is 5.27. The molecule has 0 spiro atoms. The van der Waals surface area contributed by atoms with Gasteiger partial charge in [-0.25, -0.2) is 4.99 Å². The van der Waals surface area contributed by atoms with Crippen molar-refractivity contribution in [1.82, 2.24) is 0 Å². The SMILES string of the molecule is CCC1COC(CCN)=N1. The maximum Gasteiger partial charge on any atom is 0.184 e. The fourth-order valence-corrected chi connectivity index (χ4v) is 0.940. The highest BCUT2D eigenvalue weighted by Gasteiger charge is 2.15. The van der Waals surface area contributed by atoms with Crippen LogP contribution in [0.3, 0.4) is 0 Å². The quantitative estimate of drug-likeness (QED) is 0.625. The third-order valence-corrected chi connectivity index (χ3v) is 1.60. The lowest BCUT2D eigenvalue weighted by molar-refractivity contribution is 0.308. The summed E-state index contributed by atoms with van der Waals surface area (Å²) in [4.78, 5) is 4.31. The molecule has 0 saturated carbocycles. The first-order chi connectivity index (χ1) is 4.86. The van der Waals surface area contributed by atoms with Crippen molar-refractivity contribution in [2.75, 3.05) is 13.2 Å². The minimum atomic E-state index is 0.390. The van der Waals surface area contributed by atoms with Crippen LogP contribution in [0, 0.1) is 0 Å². The molecule has 0 aromatic carbocycles. The maximum atomic E-state index is 5.33. The van der Waals surface area contributed by atoms with Crippen LogP contribution >= 0.6 is 0 Å². The van der Waals surface area contributed by atoms with Crippen LogP contribution in [0.2, 0.25) is 0 Å². The van der Waals surface area contributed by atoms with Gasteiger partial charge in [-0.15, -0.1) is 0 Å². The number of rotatable bonds is 3. The van der Waals surface area contributed by atoms with Crippen molar-refractivity contribution < 1.29 is 4.74 Å². The van der Waals surface area contributed by atoms with Crippen LogP contribution in [0.15, 0.2) is 4.99 Å². The molecule has 1 unspecified atom stereocenters. The monoisotopic (exact) mass is 142 g/mol. The van der Waals surface area contributed by atoms with Crippen LogP contribution in [0.1, 0.15) is 19.8 Å². The van der Waals surface area contributed by atoms with Crippen molar-refractivity contribution >= 4 is 5.90 Å². The van der Waals surface area contributed by atoms with E-state index in [9.17, 15) is 0 Å². The van der Waals surface area contributed by atoms with E-state index in [1.54, 1.807) is 0 Å². The lowest BCUT2D eigenvalue weighted by Crippen LogP contribution is -2.07. The van der Waals surface area contributed by atoms with Gasteiger partial charge in [0.15, 0.2) is 5.90 Å². The first kappa shape index (κ1) is 7.54. The summed E-state index contributed by atoms with van der Waals surface area (Å²) in [7, 11) is 0. The summed E-state index contributed by atoms with van der Waals surface area (Å²) in [5, 5.41) is 0. The highest BCUT2D eigenvalue weighted by atomic mass is 16.5. The van der Waals surface area contributed by atoms with Crippen molar-refractivity contribution in [1.29, 1.82) is 0 Å². The Bertz CT molecular complexity index is 134. The van der Waals surface area contributed by atoms with E-state index in [-0.39, 0.29) is 0 Å². The van der Waals surface area contributed by atoms with Crippen LogP contribution in [0.25, 0.3) is 0 Å². The average Bonchev–Trinajstić information content (AvgIpc) is 2.37. The van der Waals surface area contributed by atoms with Crippen molar-refractivity contribution in [2.45, 2.75) is 25.8 Å². The number of aliphatic imine (C=N–C) groups is 1. The Balaban J connectivity index is 2.33. The zero-order valence-corrected chi connectivity index (χ0v) is 6.34. The van der Waals surface area contributed by atoms with Gasteiger partial charge in [-0.05, 0) is 6.42 Å². The molecule has 0 bridgehead atoms. The molecule has 3 heteroatoms. The van der Waals surface area contributed by atoms with Crippen LogP contribution in [0.4, 0.5) is 0 Å². The number of nitrogens with zero attached hydrogens (tertiary/aromatic N) is 1. The van der Waals surface area contributed by atoms with E-state index in [0.29, 0.717) is 12.6 Å². The Labute approximate surface area is 61.3 Å². The minimum absolute atomic E-state index is 0.390. The molecule has 1 heterocycles. The van der Waals surface area contributed by atoms with Gasteiger partial charge in [0.1, 0.15) is 6.61 Å². The zero-order valence-electron chi connectivity index (χ0n) is 6.34. The standard InChI is InChI=1S/C7H14N2O/c1-2-6-5-10-7(9-6)3-4-8/h6H,2-5,8H2,1H3. The van der Waals surface area contributed by atoms with Crippen LogP contribution < -0.4 is 5.73 Å². The van der Waals surface area contributed by atoms with E-state index < -0.39 is 0 Å². The van der Waals surface area contributed by atoms with E-state index in [2.05, 4.69) is 11.9 Å². The predicted octanol–water partition coefficient (Wildman–Crippen LogP) is 0.543. The molecule has 10 heavy (non-hydrogen) atoms. The van der Waals surface area contributed by atoms with Gasteiger partial charge in [0, 0.05) is 13.0 Å². The minimum Gasteiger partial charge on any atom is -0.479 e. The second-order valence-electron chi connectivity index (χ2n) is 2.43. The van der Waals surface area contributed by atoms with Gasteiger partial charge in [0.2, 0.25) is 0 Å². The fraction of sp³-hybridized carbons (Fsp3) is 0.857. The average molecular weight is 142 g/mol. The molecule has 0 aromatic rings. The van der Waals surface area contributed by atoms with Crippen LogP contribution in [-0.2, 0) is 4.74 Å². The summed E-state index contributed by atoms with van der Waals surface area (Å²) in [5.74, 6) is 0.842. The first-order valence-electron chi connectivity index (χ1n) is 3.76. The molecule has 2 N–H and O–H groups in total. The first-order valence-corrected chi connectivity index (χ1v) is 3.76. The second kappa shape index (κ2) is 3.56. The smallest absolute Gasteiger partial charge is 0.184 e. The van der Waals surface area contributed by atoms with Crippen molar-refractivity contribution in [3.8, 4) is 0 Å². The van der Waals surface area contributed by atoms with Gasteiger partial charge in [-0.3, -0.25) is 0 Å². The molecular formula is C7H14N2O. The molecule has 58 valence electrons. The number of ether oxygens (including phenoxy) is 1. The topological polar surface area (TPSA) is 47.6 Å². The summed E-state index contributed by atoms with van der Waals surface area (Å²) in [6, 6.07) is 0.390. The van der Waals surface area contributed by atoms with Crippen LogP contribution in [-0.4, -0.2) is 25.1 Å². The summed E-state index contributed by atoms with van der Waals surface area (Å²) in [6.07, 6.45) is 1.85. The zero-order chi connectivity index (χ0) is 7.40. The lowest BCUT2D eigenvalue weighted by Gasteiger charge is -1.97. The number of hydrogen-bond acceptors (Lipinski definition) is 3. The largest absolute Gasteiger partial charge is 0.479 e. The highest BCUT2D eigenvalue weighted by molar-refractivity contribution is 5.77. The van der Waals surface area contributed by atoms with Gasteiger partial charge < -0.3 is 10.5 Å². The summed E-state index contributed by atoms with van der Waals surface area (Å²) in [5.41, 5.74) is 5.33. The molecule has 0 aromatic heterocycles. The van der Waals surface area contributed by atoms with Gasteiger partial charge in [-0.1, -0.05) is 6.92 Å². The van der Waals surface area contributed by atoms with E-state index in [1.165, 1.54) is 0 Å². The summed E-state index contributed by atoms with van der Waals surface area (Å²) in [6.45, 7) is 3.50. The third-order valence-electron chi connectivity index (χ3n) is 1.60. The molecule has 0 saturated heterocycles. The molecule has 1 aliphatic rings. The Hall–Kier alpha value is -0.570. The Kier molecular flexibility index (Phi) is 2.68. The van der Waals surface area contributed by atoms with Gasteiger partial charge in [-0.2, -0.15) is 0 Å². The Morgan fingerprint density at radius 2 is 2.60 bits per heavy atom. The predicted molar refractivity (Wildman–Crippen MR) is 41.1 cm³/mol. The highest BCUT2D eigenvalue weighted by Crippen LogP contribution is 2.08. The Morgan fingerprint density at radius 1 is 1.80 bits per heavy atom. The molecule has 0 fully saturated rings. The van der Waals surface area contributed by atoms with E-state index in [4.69, 9.17) is 10.5 Å². The second-order valence-corrected chi connectivity index (χ2v) is 2.43. The van der Waals surface area contributed by atoms with Gasteiger partial charge >= 0.3 is 0 Å². The van der Waals surface area contributed by atoms with Gasteiger partial charge in [0.25, 0.3) is 0 Å². The lowest BCUT2D eigenvalue weighted by atomic mass is 10.3. The van der Waals surface area contributed by atoms with E-state index in [0.717, 1.165) is 25.3 Å². The van der Waals surface area contributed by atoms with E-state index in [1.807, 2.05) is 0 Å². The van der Waals surface area contributed by atoms with Crippen molar-refractivity contribution in [2.24, 2.45) is 10.7 Å². The van der Waals surface area contributed by atoms with Crippen LogP contribution in [0.5, 0.6) is 0 Å². The fourth-order valence-electron chi connectivity index (χ4n) is 0.940. The normalized spacial score (nSPS) is 24.2. The van der Waals surface area contributed by atoms with Crippen molar-refractivity contribution in [3.05, 3.63) is 0 Å². The molecule has 1 rings (SSSR count).